The second kappa shape index (κ2) is 9.44. The summed E-state index contributed by atoms with van der Waals surface area (Å²) in [5.74, 6) is 0. The van der Waals surface area contributed by atoms with Crippen LogP contribution in [0.2, 0.25) is 0 Å². The van der Waals surface area contributed by atoms with Crippen LogP contribution in [0.3, 0.4) is 0 Å². The molecule has 0 radical (unpaired) electrons. The maximum atomic E-state index is 9.30. The van der Waals surface area contributed by atoms with Crippen molar-refractivity contribution in [3.05, 3.63) is 157 Å². The molecule has 0 atom stereocenters. The second-order valence-corrected chi connectivity index (χ2v) is 10.4. The van der Waals surface area contributed by atoms with Crippen LogP contribution in [0.4, 0.5) is 0 Å². The van der Waals surface area contributed by atoms with Gasteiger partial charge in [0.05, 0.1) is 15.1 Å². The van der Waals surface area contributed by atoms with Crippen molar-refractivity contribution < 1.29 is 19.5 Å². The zero-order valence-corrected chi connectivity index (χ0v) is 22.6. The van der Waals surface area contributed by atoms with Crippen molar-refractivity contribution in [1.82, 2.24) is 0 Å². The predicted molar refractivity (Wildman–Crippen MR) is 183 cm³/mol. The Morgan fingerprint density at radius 1 is 0.395 bits per heavy atom. The predicted octanol–water partition coefficient (Wildman–Crippen LogP) is 12.0. The van der Waals surface area contributed by atoms with Crippen molar-refractivity contribution in [2.45, 2.75) is 0 Å². The molecule has 0 N–H and O–H groups in total. The SMILES string of the molecule is [2H]c1cc2c(-c3ccc(-c4cccc5ccccc45)cc3)c3cc([2H])c([2H])cc3c(-c3c([2H])c([2H])c([2H])c4oc5c([2H])c([2H])c([2H])c([2H])c5c34)c2cc1[2H]. The smallest absolute Gasteiger partial charge is 0.136 e. The van der Waals surface area contributed by atoms with Gasteiger partial charge >= 0.3 is 0 Å². The summed E-state index contributed by atoms with van der Waals surface area (Å²) < 4.78 is 102. The zero-order valence-electron chi connectivity index (χ0n) is 33.6. The minimum absolute atomic E-state index is 0.0249. The number of hydrogen-bond donors (Lipinski definition) is 0. The van der Waals surface area contributed by atoms with Crippen LogP contribution in [0.5, 0.6) is 0 Å². The third-order valence-corrected chi connectivity index (χ3v) is 8.16. The molecule has 0 saturated carbocycles. The first kappa shape index (κ1) is 15.5. The van der Waals surface area contributed by atoms with Crippen LogP contribution in [0.25, 0.3) is 87.6 Å². The van der Waals surface area contributed by atoms with Gasteiger partial charge in [0.1, 0.15) is 11.2 Å². The Morgan fingerprint density at radius 3 is 1.79 bits per heavy atom. The summed E-state index contributed by atoms with van der Waals surface area (Å²) in [6.07, 6.45) is 0. The lowest BCUT2D eigenvalue weighted by Crippen LogP contribution is -1.91. The Kier molecular flexibility index (Phi) is 3.41. The summed E-state index contributed by atoms with van der Waals surface area (Å²) >= 11 is 0. The fourth-order valence-electron chi connectivity index (χ4n) is 6.31. The number of para-hydroxylation sites is 1. The normalized spacial score (nSPS) is 15.3. The number of rotatable bonds is 3. The number of fused-ring (bicyclic) bond motifs is 6. The molecule has 0 aliphatic rings. The fraction of sp³-hybridized carbons (Fsp3) is 0. The van der Waals surface area contributed by atoms with Crippen molar-refractivity contribution >= 4 is 54.3 Å². The van der Waals surface area contributed by atoms with Crippen LogP contribution < -0.4 is 0 Å². The lowest BCUT2D eigenvalue weighted by Gasteiger charge is -2.18. The van der Waals surface area contributed by atoms with Crippen LogP contribution in [0.15, 0.2) is 162 Å². The molecule has 0 unspecified atom stereocenters. The average Bonchev–Trinajstić information content (AvgIpc) is 3.57. The molecule has 1 heteroatoms. The van der Waals surface area contributed by atoms with E-state index < -0.39 is 42.3 Å². The van der Waals surface area contributed by atoms with Gasteiger partial charge in [-0.2, -0.15) is 0 Å². The molecule has 200 valence electrons. The maximum absolute atomic E-state index is 9.30. The van der Waals surface area contributed by atoms with Gasteiger partial charge in [-0.05, 0) is 77.8 Å². The van der Waals surface area contributed by atoms with E-state index in [0.29, 0.717) is 27.1 Å². The lowest BCUT2D eigenvalue weighted by molar-refractivity contribution is 0.669. The van der Waals surface area contributed by atoms with E-state index in [0.717, 1.165) is 27.5 Å². The topological polar surface area (TPSA) is 13.1 Å². The van der Waals surface area contributed by atoms with Gasteiger partial charge in [0.25, 0.3) is 0 Å². The van der Waals surface area contributed by atoms with Gasteiger partial charge in [0.2, 0.25) is 0 Å². The Balaban J connectivity index is 1.44. The minimum Gasteiger partial charge on any atom is -0.456 e. The molecule has 9 aromatic rings. The van der Waals surface area contributed by atoms with Crippen molar-refractivity contribution in [1.29, 1.82) is 0 Å². The lowest BCUT2D eigenvalue weighted by atomic mass is 9.84. The van der Waals surface area contributed by atoms with Crippen molar-refractivity contribution in [2.75, 3.05) is 0 Å². The Labute approximate surface area is 264 Å². The van der Waals surface area contributed by atoms with Crippen LogP contribution in [0, 0.1) is 0 Å². The maximum Gasteiger partial charge on any atom is 0.136 e. The monoisotopic (exact) mass is 557 g/mol. The third kappa shape index (κ3) is 3.65. The van der Waals surface area contributed by atoms with Gasteiger partial charge in [0.15, 0.2) is 0 Å². The molecule has 0 amide bonds. The number of hydrogen-bond acceptors (Lipinski definition) is 1. The molecule has 0 bridgehead atoms. The van der Waals surface area contributed by atoms with Crippen molar-refractivity contribution in [3.63, 3.8) is 0 Å². The molecule has 0 aliphatic carbocycles. The van der Waals surface area contributed by atoms with Gasteiger partial charge in [-0.25, -0.2) is 0 Å². The van der Waals surface area contributed by atoms with E-state index in [9.17, 15) is 1.37 Å². The van der Waals surface area contributed by atoms with E-state index >= 15 is 0 Å². The molecule has 8 aromatic carbocycles. The fourth-order valence-corrected chi connectivity index (χ4v) is 6.31. The highest BCUT2D eigenvalue weighted by Crippen LogP contribution is 2.47. The van der Waals surface area contributed by atoms with Gasteiger partial charge in [-0.1, -0.05) is 145 Å². The number of furan rings is 1. The molecule has 0 spiro atoms. The van der Waals surface area contributed by atoms with E-state index in [1.807, 2.05) is 42.5 Å². The first-order chi connectivity index (χ1) is 25.9. The van der Waals surface area contributed by atoms with Gasteiger partial charge in [-0.3, -0.25) is 0 Å². The molecule has 1 nitrogen and oxygen atoms in total. The summed E-state index contributed by atoms with van der Waals surface area (Å²) in [5, 5.41) is 3.93. The highest BCUT2D eigenvalue weighted by Gasteiger charge is 2.20. The highest BCUT2D eigenvalue weighted by molar-refractivity contribution is 6.25. The van der Waals surface area contributed by atoms with E-state index in [2.05, 4.69) is 24.3 Å². The van der Waals surface area contributed by atoms with Crippen molar-refractivity contribution in [2.24, 2.45) is 0 Å². The first-order valence-electron chi connectivity index (χ1n) is 19.4. The Hall–Kier alpha value is -5.66. The van der Waals surface area contributed by atoms with E-state index in [1.165, 1.54) is 12.1 Å². The zero-order chi connectivity index (χ0) is 37.9. The Morgan fingerprint density at radius 2 is 1.02 bits per heavy atom. The summed E-state index contributed by atoms with van der Waals surface area (Å²) in [7, 11) is 0. The summed E-state index contributed by atoms with van der Waals surface area (Å²) in [4.78, 5) is 0. The molecule has 0 fully saturated rings. The van der Waals surface area contributed by atoms with Gasteiger partial charge in [-0.15, -0.1) is 0 Å². The molecule has 0 saturated heterocycles. The van der Waals surface area contributed by atoms with Crippen LogP contribution in [-0.4, -0.2) is 0 Å². The van der Waals surface area contributed by atoms with Gasteiger partial charge < -0.3 is 4.42 Å². The van der Waals surface area contributed by atoms with Crippen LogP contribution in [-0.2, 0) is 0 Å². The molecular formula is C42H26O. The summed E-state index contributed by atoms with van der Waals surface area (Å²) in [5.41, 5.74) is 3.24. The summed E-state index contributed by atoms with van der Waals surface area (Å²) in [6, 6.07) is 24.4. The molecule has 9 rings (SSSR count). The molecule has 0 aliphatic heterocycles. The largest absolute Gasteiger partial charge is 0.456 e. The molecule has 43 heavy (non-hydrogen) atoms. The Bertz CT molecular complexity index is 3040. The molecule has 1 heterocycles. The van der Waals surface area contributed by atoms with Crippen LogP contribution >= 0.6 is 0 Å². The van der Waals surface area contributed by atoms with Gasteiger partial charge in [0, 0.05) is 10.8 Å². The van der Waals surface area contributed by atoms with Crippen molar-refractivity contribution in [3.8, 4) is 33.4 Å². The highest BCUT2D eigenvalue weighted by atomic mass is 16.3. The second-order valence-electron chi connectivity index (χ2n) is 10.4. The van der Waals surface area contributed by atoms with E-state index in [-0.39, 0.29) is 57.2 Å². The van der Waals surface area contributed by atoms with E-state index in [1.54, 1.807) is 12.1 Å². The molecular weight excluding hydrogens is 520 g/mol. The first-order valence-corrected chi connectivity index (χ1v) is 13.9. The summed E-state index contributed by atoms with van der Waals surface area (Å²) in [6.45, 7) is 0. The number of benzene rings is 8. The minimum atomic E-state index is -0.536. The van der Waals surface area contributed by atoms with E-state index in [4.69, 9.17) is 18.1 Å². The van der Waals surface area contributed by atoms with Crippen LogP contribution in [0.1, 0.15) is 15.1 Å². The third-order valence-electron chi connectivity index (χ3n) is 8.16. The standard InChI is InChI=1S/C42H26O/c1-2-13-30-27(11-1)12-9-19-31(30)28-23-25-29(26-24-28)40-32-14-3-5-16-34(32)41(35-17-6-4-15-33(35)40)37-20-10-22-39-42(37)36-18-7-8-21-38(36)43-39/h1-26H/i3D,4D,5D,6D,7D,8D,10D,18D,20D,21D,22D. The molecule has 1 aromatic heterocycles. The quantitative estimate of drug-likeness (QED) is 0.197. The average molecular weight is 558 g/mol.